The lowest BCUT2D eigenvalue weighted by molar-refractivity contribution is 0.0686. The summed E-state index contributed by atoms with van der Waals surface area (Å²) in [5.41, 5.74) is 4.98. The van der Waals surface area contributed by atoms with Crippen LogP contribution in [0.5, 0.6) is 23.0 Å². The van der Waals surface area contributed by atoms with Crippen LogP contribution in [-0.2, 0) is 0 Å². The average molecular weight is 1280 g/mol. The first-order valence-corrected chi connectivity index (χ1v) is 31.3. The maximum atomic E-state index is 11.9. The molecule has 0 fully saturated rings. The number of aromatic carboxylic acids is 2. The van der Waals surface area contributed by atoms with Crippen molar-refractivity contribution >= 4 is 35.1 Å². The molecule has 0 spiro atoms. The van der Waals surface area contributed by atoms with Gasteiger partial charge in [-0.05, 0) is 97.1 Å². The number of ketones is 4. The molecule has 0 heterocycles. The minimum atomic E-state index is -0.879. The summed E-state index contributed by atoms with van der Waals surface area (Å²) in [6.07, 6.45) is 0. The number of benzene rings is 10. The number of para-hydroxylation sites is 2. The van der Waals surface area contributed by atoms with E-state index in [4.69, 9.17) is 25.5 Å². The fraction of sp³-hybridized carbons (Fsp3) is 0.185. The molecule has 0 saturated carbocycles. The molecule has 0 unspecified atom stereocenters. The van der Waals surface area contributed by atoms with Gasteiger partial charge in [0.2, 0.25) is 0 Å². The fourth-order valence-corrected chi connectivity index (χ4v) is 6.72. The smallest absolute Gasteiger partial charge is 0.335 e. The SMILES string of the molecule is CC.CC.CC.CC.CC.CC.CC.CO.O=C(O)c1ccccc1.O=C(O)c1ccccc1.O=C(c1ccccc1)c1ccc(O)cc1.O=C(c1ccccc1)c1ccc(O)cc1.O=C(c1ccccc1)c1ccccc1O.O=C(c1ccccc1)c1ccccc1O. The van der Waals surface area contributed by atoms with E-state index >= 15 is 0 Å². The van der Waals surface area contributed by atoms with Gasteiger partial charge in [-0.2, -0.15) is 0 Å². The van der Waals surface area contributed by atoms with Crippen molar-refractivity contribution < 1.29 is 64.5 Å². The molecule has 0 bridgehead atoms. The number of phenolic OH excluding ortho intramolecular Hbond substituents is 4. The lowest BCUT2D eigenvalue weighted by atomic mass is 10.0. The third kappa shape index (κ3) is 36.6. The molecule has 0 radical (unpaired) electrons. The van der Waals surface area contributed by atoms with Gasteiger partial charge in [0, 0.05) is 40.5 Å². The Bertz CT molecular complexity index is 3240. The summed E-state index contributed by atoms with van der Waals surface area (Å²) < 4.78 is 0. The molecule has 0 amide bonds. The number of aliphatic hydroxyl groups excluding tert-OH is 1. The van der Waals surface area contributed by atoms with Crippen LogP contribution in [0.3, 0.4) is 0 Å². The zero-order valence-electron chi connectivity index (χ0n) is 57.1. The van der Waals surface area contributed by atoms with Crippen molar-refractivity contribution in [2.75, 3.05) is 7.11 Å². The quantitative estimate of drug-likeness (QED) is 0.0631. The van der Waals surface area contributed by atoms with Gasteiger partial charge < -0.3 is 35.7 Å². The van der Waals surface area contributed by atoms with E-state index in [9.17, 15) is 39.0 Å². The monoisotopic (exact) mass is 1280 g/mol. The van der Waals surface area contributed by atoms with Crippen molar-refractivity contribution in [3.05, 3.63) is 335 Å². The Labute approximate surface area is 558 Å². The van der Waals surface area contributed by atoms with Gasteiger partial charge in [-0.1, -0.05) is 279 Å². The van der Waals surface area contributed by atoms with E-state index in [0.717, 1.165) is 7.11 Å². The molecule has 13 heteroatoms. The molecule has 10 aromatic rings. The Kier molecular flexibility index (Phi) is 56.7. The fourth-order valence-electron chi connectivity index (χ4n) is 6.72. The lowest BCUT2D eigenvalue weighted by Gasteiger charge is -2.02. The molecule has 10 rings (SSSR count). The number of carboxylic acids is 2. The van der Waals surface area contributed by atoms with Gasteiger partial charge in [0.25, 0.3) is 0 Å². The molecular formula is C81H98O13. The normalized spacial score (nSPS) is 8.51. The van der Waals surface area contributed by atoms with Crippen molar-refractivity contribution in [2.45, 2.75) is 96.9 Å². The number of hydrogen-bond acceptors (Lipinski definition) is 11. The summed E-state index contributed by atoms with van der Waals surface area (Å²) >= 11 is 0. The first-order chi connectivity index (χ1) is 45.7. The van der Waals surface area contributed by atoms with Crippen molar-refractivity contribution in [1.29, 1.82) is 0 Å². The average Bonchev–Trinajstić information content (AvgIpc) is 1.21. The summed E-state index contributed by atoms with van der Waals surface area (Å²) in [5, 5.41) is 61.0. The summed E-state index contributed by atoms with van der Waals surface area (Å²) in [5.74, 6) is -1.77. The van der Waals surface area contributed by atoms with Gasteiger partial charge in [-0.3, -0.25) is 19.2 Å². The number of rotatable bonds is 10. The van der Waals surface area contributed by atoms with Crippen LogP contribution in [0.25, 0.3) is 0 Å². The molecule has 10 aromatic carbocycles. The Morgan fingerprint density at radius 2 is 0.362 bits per heavy atom. The molecule has 0 aliphatic heterocycles. The third-order valence-electron chi connectivity index (χ3n) is 10.7. The summed E-state index contributed by atoms with van der Waals surface area (Å²) in [4.78, 5) is 68.0. The van der Waals surface area contributed by atoms with E-state index in [1.54, 1.807) is 194 Å². The first kappa shape index (κ1) is 89.4. The van der Waals surface area contributed by atoms with Gasteiger partial charge in [-0.15, -0.1) is 0 Å². The molecule has 500 valence electrons. The van der Waals surface area contributed by atoms with Crippen molar-refractivity contribution in [3.8, 4) is 23.0 Å². The topological polar surface area (TPSA) is 244 Å². The lowest BCUT2D eigenvalue weighted by Crippen LogP contribution is -2.00. The van der Waals surface area contributed by atoms with Crippen molar-refractivity contribution in [1.82, 2.24) is 0 Å². The zero-order chi connectivity index (χ0) is 72.1. The second-order valence-corrected chi connectivity index (χ2v) is 16.3. The minimum Gasteiger partial charge on any atom is -0.508 e. The summed E-state index contributed by atoms with van der Waals surface area (Å²) in [7, 11) is 1.00. The van der Waals surface area contributed by atoms with Gasteiger partial charge in [0.15, 0.2) is 23.1 Å². The number of aliphatic hydroxyl groups is 1. The molecule has 7 N–H and O–H groups in total. The molecule has 0 aromatic heterocycles. The van der Waals surface area contributed by atoms with Crippen LogP contribution in [0.4, 0.5) is 0 Å². The van der Waals surface area contributed by atoms with Gasteiger partial charge in [-0.25, -0.2) is 9.59 Å². The highest BCUT2D eigenvalue weighted by molar-refractivity contribution is 6.12. The van der Waals surface area contributed by atoms with Gasteiger partial charge in [0.1, 0.15) is 23.0 Å². The Hall–Kier alpha value is -11.0. The zero-order valence-corrected chi connectivity index (χ0v) is 57.1. The van der Waals surface area contributed by atoms with E-state index in [2.05, 4.69) is 0 Å². The van der Waals surface area contributed by atoms with Crippen LogP contribution in [0.2, 0.25) is 0 Å². The van der Waals surface area contributed by atoms with Crippen molar-refractivity contribution in [2.24, 2.45) is 0 Å². The molecule has 13 nitrogen and oxygen atoms in total. The molecule has 0 atom stereocenters. The first-order valence-electron chi connectivity index (χ1n) is 31.3. The van der Waals surface area contributed by atoms with Crippen LogP contribution in [0, 0.1) is 0 Å². The van der Waals surface area contributed by atoms with Crippen LogP contribution in [-0.4, -0.2) is 77.9 Å². The standard InChI is InChI=1S/4C13H10O2.2C7H6O2.7C2H6.CH4O/c2*14-12-9-5-4-8-11(12)13(15)10-6-2-1-3-7-10;2*14-12-8-6-11(7-9-12)13(15)10-4-2-1-3-5-10;2*8-7(9)6-4-2-1-3-5-6;8*1-2/h4*1-9,14H;2*1-5H,(H,8,9);7*1-2H3;2H,1H3. The van der Waals surface area contributed by atoms with Crippen LogP contribution in [0.1, 0.15) is 181 Å². The maximum Gasteiger partial charge on any atom is 0.335 e. The summed E-state index contributed by atoms with van der Waals surface area (Å²) in [6.45, 7) is 28.0. The number of hydrogen-bond donors (Lipinski definition) is 7. The highest BCUT2D eigenvalue weighted by Crippen LogP contribution is 2.21. The number of phenols is 4. The minimum absolute atomic E-state index is 0.0198. The highest BCUT2D eigenvalue weighted by Gasteiger charge is 2.13. The Morgan fingerprint density at radius 1 is 0.202 bits per heavy atom. The largest absolute Gasteiger partial charge is 0.508 e. The van der Waals surface area contributed by atoms with E-state index in [0.29, 0.717) is 55.6 Å². The number of aromatic hydroxyl groups is 4. The Balaban J connectivity index is -0.000000499. The maximum absolute atomic E-state index is 11.9. The molecule has 0 saturated heterocycles. The molecule has 0 aliphatic rings. The van der Waals surface area contributed by atoms with E-state index in [1.165, 1.54) is 36.4 Å². The molecule has 94 heavy (non-hydrogen) atoms. The van der Waals surface area contributed by atoms with Crippen LogP contribution < -0.4 is 0 Å². The van der Waals surface area contributed by atoms with Gasteiger partial charge in [0.05, 0.1) is 22.3 Å². The van der Waals surface area contributed by atoms with E-state index in [-0.39, 0.29) is 46.1 Å². The highest BCUT2D eigenvalue weighted by atomic mass is 16.4. The van der Waals surface area contributed by atoms with Crippen molar-refractivity contribution in [3.63, 3.8) is 0 Å². The van der Waals surface area contributed by atoms with E-state index in [1.807, 2.05) is 145 Å². The van der Waals surface area contributed by atoms with Crippen LogP contribution in [0.15, 0.2) is 279 Å². The second kappa shape index (κ2) is 59.6. The molecular weight excluding hydrogens is 1180 g/mol. The second-order valence-electron chi connectivity index (χ2n) is 16.3. The van der Waals surface area contributed by atoms with Crippen LogP contribution >= 0.6 is 0 Å². The predicted octanol–water partition coefficient (Wildman–Crippen LogP) is 20.1. The summed E-state index contributed by atoms with van der Waals surface area (Å²) in [6, 6.07) is 78.1. The van der Waals surface area contributed by atoms with E-state index < -0.39 is 11.9 Å². The Morgan fingerprint density at radius 3 is 0.543 bits per heavy atom. The van der Waals surface area contributed by atoms with Gasteiger partial charge >= 0.3 is 11.9 Å². The number of carboxylic acid groups (broad SMARTS) is 2. The number of carbonyl (C=O) groups is 6. The third-order valence-corrected chi connectivity index (χ3v) is 10.7. The predicted molar refractivity (Wildman–Crippen MR) is 386 cm³/mol. The number of carbonyl (C=O) groups excluding carboxylic acids is 4. The molecule has 0 aliphatic carbocycles.